The summed E-state index contributed by atoms with van der Waals surface area (Å²) >= 11 is 1.14. The van der Waals surface area contributed by atoms with Gasteiger partial charge < -0.3 is 9.47 Å². The first-order valence-electron chi connectivity index (χ1n) is 8.03. The molecule has 134 valence electrons. The molecule has 0 saturated carbocycles. The predicted molar refractivity (Wildman–Crippen MR) is 95.0 cm³/mol. The first kappa shape index (κ1) is 17.5. The maximum atomic E-state index is 13.0. The molecule has 0 radical (unpaired) electrons. The summed E-state index contributed by atoms with van der Waals surface area (Å²) < 4.78 is 12.1. The van der Waals surface area contributed by atoms with E-state index in [0.29, 0.717) is 17.6 Å². The molecule has 3 rings (SSSR count). The van der Waals surface area contributed by atoms with E-state index >= 15 is 0 Å². The van der Waals surface area contributed by atoms with Crippen molar-refractivity contribution in [1.29, 1.82) is 0 Å². The van der Waals surface area contributed by atoms with Crippen LogP contribution in [0.25, 0.3) is 10.1 Å². The van der Waals surface area contributed by atoms with Gasteiger partial charge in [-0.3, -0.25) is 9.59 Å². The fourth-order valence-electron chi connectivity index (χ4n) is 3.11. The van der Waals surface area contributed by atoms with Crippen molar-refractivity contribution in [2.24, 2.45) is 0 Å². The Bertz CT molecular complexity index is 898. The van der Waals surface area contributed by atoms with Crippen LogP contribution in [0.15, 0.2) is 16.9 Å². The number of aromatic nitrogens is 1. The fraction of sp³-hybridized carbons (Fsp3) is 0.471. The number of ether oxygens (including phenoxy) is 2. The van der Waals surface area contributed by atoms with E-state index in [4.69, 9.17) is 9.47 Å². The number of nitrogens with zero attached hydrogens (tertiary/aromatic N) is 2. The smallest absolute Gasteiger partial charge is 0.330 e. The molecular formula is C17H20N2O5S. The van der Waals surface area contributed by atoms with Crippen molar-refractivity contribution in [3.05, 3.63) is 28.0 Å². The van der Waals surface area contributed by atoms with Gasteiger partial charge in [0, 0.05) is 6.42 Å². The monoisotopic (exact) mass is 364 g/mol. The quantitative estimate of drug-likeness (QED) is 0.776. The maximum absolute atomic E-state index is 13.0. The molecule has 0 bridgehead atoms. The molecule has 25 heavy (non-hydrogen) atoms. The van der Waals surface area contributed by atoms with Crippen LogP contribution >= 0.6 is 11.5 Å². The minimum atomic E-state index is -0.771. The van der Waals surface area contributed by atoms with Crippen molar-refractivity contribution in [2.45, 2.75) is 38.6 Å². The van der Waals surface area contributed by atoms with E-state index in [-0.39, 0.29) is 23.8 Å². The molecular weight excluding hydrogens is 344 g/mol. The predicted octanol–water partition coefficient (Wildman–Crippen LogP) is 1.99. The second kappa shape index (κ2) is 6.51. The summed E-state index contributed by atoms with van der Waals surface area (Å²) in [6.45, 7) is 3.99. The molecule has 2 aromatic rings. The lowest BCUT2D eigenvalue weighted by Crippen LogP contribution is -2.49. The van der Waals surface area contributed by atoms with Crippen molar-refractivity contribution in [3.63, 3.8) is 0 Å². The van der Waals surface area contributed by atoms with Crippen LogP contribution in [-0.4, -0.2) is 36.2 Å². The number of hydrogen-bond donors (Lipinski definition) is 0. The Balaban J connectivity index is 2.22. The normalized spacial score (nSPS) is 17.6. The average Bonchev–Trinajstić information content (AvgIpc) is 3.13. The Labute approximate surface area is 148 Å². The molecule has 0 aliphatic carbocycles. The van der Waals surface area contributed by atoms with Gasteiger partial charge in [0.05, 0.1) is 24.3 Å². The summed E-state index contributed by atoms with van der Waals surface area (Å²) in [6.07, 6.45) is 0.549. The minimum Gasteiger partial charge on any atom is -0.497 e. The third-order valence-electron chi connectivity index (χ3n) is 4.39. The molecule has 1 aromatic carbocycles. The molecule has 0 N–H and O–H groups in total. The van der Waals surface area contributed by atoms with E-state index in [0.717, 1.165) is 21.8 Å². The highest BCUT2D eigenvalue weighted by Gasteiger charge is 2.40. The van der Waals surface area contributed by atoms with E-state index in [1.807, 2.05) is 19.9 Å². The lowest BCUT2D eigenvalue weighted by molar-refractivity contribution is -0.143. The highest BCUT2D eigenvalue weighted by molar-refractivity contribution is 7.14. The molecule has 1 fully saturated rings. The average molecular weight is 364 g/mol. The lowest BCUT2D eigenvalue weighted by atomic mass is 9.99. The van der Waals surface area contributed by atoms with Crippen LogP contribution in [-0.2, 0) is 14.3 Å². The van der Waals surface area contributed by atoms with Gasteiger partial charge in [0.25, 0.3) is 5.56 Å². The minimum absolute atomic E-state index is 0.110. The van der Waals surface area contributed by atoms with Crippen LogP contribution in [0.2, 0.25) is 0 Å². The summed E-state index contributed by atoms with van der Waals surface area (Å²) in [6, 6.07) is 2.85. The molecule has 1 aliphatic rings. The Hall–Kier alpha value is -2.35. The molecule has 1 unspecified atom stereocenters. The van der Waals surface area contributed by atoms with Crippen molar-refractivity contribution in [2.75, 3.05) is 19.2 Å². The Morgan fingerprint density at radius 2 is 2.00 bits per heavy atom. The van der Waals surface area contributed by atoms with Crippen molar-refractivity contribution >= 4 is 33.5 Å². The van der Waals surface area contributed by atoms with Crippen LogP contribution in [0.1, 0.15) is 38.2 Å². The number of carbonyl (C=O) groups is 2. The molecule has 1 aliphatic heterocycles. The molecule has 1 amide bonds. The summed E-state index contributed by atoms with van der Waals surface area (Å²) in [5.41, 5.74) is 0.561. The second-order valence-corrected chi connectivity index (χ2v) is 7.20. The van der Waals surface area contributed by atoms with Gasteiger partial charge in [-0.15, -0.1) is 0 Å². The zero-order valence-electron chi connectivity index (χ0n) is 14.6. The van der Waals surface area contributed by atoms with Gasteiger partial charge in [-0.1, -0.05) is 13.8 Å². The van der Waals surface area contributed by atoms with Crippen LogP contribution in [0.5, 0.6) is 5.75 Å². The standard InChI is InChI=1S/C17H20N2O5S/c1-9(2)11-7-10(23-3)8-13-15(11)16(21)19(25-13)18-12(17(22)24-4)5-6-14(18)20/h7-9,12H,5-6H2,1-4H3. The van der Waals surface area contributed by atoms with Crippen molar-refractivity contribution in [1.82, 2.24) is 4.07 Å². The largest absolute Gasteiger partial charge is 0.497 e. The van der Waals surface area contributed by atoms with Gasteiger partial charge in [-0.2, -0.15) is 4.07 Å². The first-order chi connectivity index (χ1) is 11.9. The summed E-state index contributed by atoms with van der Waals surface area (Å²) in [4.78, 5) is 37.3. The highest BCUT2D eigenvalue weighted by Crippen LogP contribution is 2.32. The molecule has 2 heterocycles. The molecule has 1 atom stereocenters. The van der Waals surface area contributed by atoms with E-state index in [1.54, 1.807) is 13.2 Å². The van der Waals surface area contributed by atoms with E-state index in [2.05, 4.69) is 0 Å². The van der Waals surface area contributed by atoms with E-state index in [9.17, 15) is 14.4 Å². The van der Waals surface area contributed by atoms with Crippen LogP contribution in [0.4, 0.5) is 0 Å². The zero-order valence-corrected chi connectivity index (χ0v) is 15.4. The number of hydrogen-bond acceptors (Lipinski definition) is 6. The van der Waals surface area contributed by atoms with Gasteiger partial charge >= 0.3 is 5.97 Å². The number of carbonyl (C=O) groups excluding carboxylic acids is 2. The van der Waals surface area contributed by atoms with Crippen molar-refractivity contribution in [3.8, 4) is 5.75 Å². The first-order valence-corrected chi connectivity index (χ1v) is 8.80. The Morgan fingerprint density at radius 3 is 2.60 bits per heavy atom. The molecule has 1 saturated heterocycles. The SMILES string of the molecule is COC(=O)C1CCC(=O)N1n1sc2cc(OC)cc(C(C)C)c2c1=O. The summed E-state index contributed by atoms with van der Waals surface area (Å²) in [5, 5.41) is 1.79. The number of methoxy groups -OCH3 is 2. The third kappa shape index (κ3) is 2.80. The van der Waals surface area contributed by atoms with E-state index in [1.165, 1.54) is 16.2 Å². The van der Waals surface area contributed by atoms with Gasteiger partial charge in [0.2, 0.25) is 5.91 Å². The van der Waals surface area contributed by atoms with Crippen molar-refractivity contribution < 1.29 is 19.1 Å². The number of benzene rings is 1. The number of rotatable bonds is 4. The van der Waals surface area contributed by atoms with Gasteiger partial charge in [-0.05, 0) is 41.6 Å². The third-order valence-corrected chi connectivity index (χ3v) is 5.42. The van der Waals surface area contributed by atoms with Gasteiger partial charge in [0.1, 0.15) is 5.75 Å². The molecule has 7 nitrogen and oxygen atoms in total. The number of fused-ring (bicyclic) bond motifs is 1. The molecule has 0 spiro atoms. The van der Waals surface area contributed by atoms with Gasteiger partial charge in [0.15, 0.2) is 6.04 Å². The Morgan fingerprint density at radius 1 is 1.28 bits per heavy atom. The number of amides is 1. The summed E-state index contributed by atoms with van der Waals surface area (Å²) in [7, 11) is 2.85. The lowest BCUT2D eigenvalue weighted by Gasteiger charge is -2.21. The van der Waals surface area contributed by atoms with Gasteiger partial charge in [-0.25, -0.2) is 9.80 Å². The highest BCUT2D eigenvalue weighted by atomic mass is 32.1. The Kier molecular flexibility index (Phi) is 4.55. The molecule has 1 aromatic heterocycles. The van der Waals surface area contributed by atoms with Crippen LogP contribution in [0, 0.1) is 0 Å². The summed E-state index contributed by atoms with van der Waals surface area (Å²) in [5.74, 6) is -0.0140. The maximum Gasteiger partial charge on any atom is 0.330 e. The number of esters is 1. The van der Waals surface area contributed by atoms with Crippen LogP contribution < -0.4 is 15.3 Å². The fourth-order valence-corrected chi connectivity index (χ4v) is 4.23. The van der Waals surface area contributed by atoms with E-state index < -0.39 is 12.0 Å². The zero-order chi connectivity index (χ0) is 18.3. The topological polar surface area (TPSA) is 77.8 Å². The second-order valence-electron chi connectivity index (χ2n) is 6.23. The van der Waals surface area contributed by atoms with Crippen LogP contribution in [0.3, 0.4) is 0 Å². The molecule has 8 heteroatoms.